The molecule has 0 atom stereocenters. The summed E-state index contributed by atoms with van der Waals surface area (Å²) in [7, 11) is 0. The van der Waals surface area contributed by atoms with Crippen molar-refractivity contribution < 1.29 is 0 Å². The molecule has 1 aliphatic heterocycles. The molecule has 3 aromatic rings. The van der Waals surface area contributed by atoms with Crippen molar-refractivity contribution in [1.82, 2.24) is 19.5 Å². The molecule has 1 saturated heterocycles. The molecule has 3 N–H and O–H groups in total. The molecule has 5 heteroatoms. The molecule has 3 heterocycles. The highest BCUT2D eigenvalue weighted by atomic mass is 15.3. The van der Waals surface area contributed by atoms with Gasteiger partial charge in [0.15, 0.2) is 0 Å². The number of nitrogens with two attached hydrogens (primary N) is 1. The molecule has 0 bridgehead atoms. The van der Waals surface area contributed by atoms with Crippen LogP contribution in [0.2, 0.25) is 0 Å². The number of rotatable bonds is 1. The number of aromatic nitrogens is 3. The second-order valence-electron chi connectivity index (χ2n) is 5.66. The van der Waals surface area contributed by atoms with Crippen molar-refractivity contribution in [2.75, 3.05) is 18.8 Å². The highest BCUT2D eigenvalue weighted by Crippen LogP contribution is 2.30. The molecule has 0 unspecified atom stereocenters. The van der Waals surface area contributed by atoms with E-state index in [1.165, 1.54) is 11.2 Å². The monoisotopic (exact) mass is 269 g/mol. The van der Waals surface area contributed by atoms with Crippen molar-refractivity contribution in [3.05, 3.63) is 30.0 Å². The van der Waals surface area contributed by atoms with Gasteiger partial charge in [0, 0.05) is 17.8 Å². The molecular weight excluding hydrogens is 250 g/mol. The average molecular weight is 269 g/mol. The maximum Gasteiger partial charge on any atom is 0.137 e. The Morgan fingerprint density at radius 2 is 2.00 bits per heavy atom. The number of aryl methyl sites for hydroxylation is 1. The molecule has 0 spiro atoms. The Hall–Kier alpha value is -2.01. The first kappa shape index (κ1) is 11.8. The van der Waals surface area contributed by atoms with Gasteiger partial charge in [-0.1, -0.05) is 0 Å². The molecule has 1 aromatic carbocycles. The van der Waals surface area contributed by atoms with E-state index in [9.17, 15) is 0 Å². The second-order valence-corrected chi connectivity index (χ2v) is 5.66. The predicted octanol–water partition coefficient (Wildman–Crippen LogP) is 2.10. The zero-order valence-electron chi connectivity index (χ0n) is 11.6. The van der Waals surface area contributed by atoms with Gasteiger partial charge in [0.05, 0.1) is 16.7 Å². The number of benzene rings is 1. The van der Waals surface area contributed by atoms with Crippen LogP contribution < -0.4 is 11.1 Å². The van der Waals surface area contributed by atoms with E-state index in [0.29, 0.717) is 6.04 Å². The van der Waals surface area contributed by atoms with E-state index in [-0.39, 0.29) is 0 Å². The van der Waals surface area contributed by atoms with Crippen molar-refractivity contribution >= 4 is 22.4 Å². The number of piperidine rings is 1. The third-order valence-electron chi connectivity index (χ3n) is 4.22. The van der Waals surface area contributed by atoms with Gasteiger partial charge in [0.25, 0.3) is 0 Å². The summed E-state index contributed by atoms with van der Waals surface area (Å²) in [6.45, 7) is 4.20. The van der Waals surface area contributed by atoms with Crippen molar-refractivity contribution in [2.24, 2.45) is 0 Å². The van der Waals surface area contributed by atoms with Gasteiger partial charge in [0.2, 0.25) is 0 Å². The number of nitrogens with one attached hydrogen (secondary N) is 1. The van der Waals surface area contributed by atoms with Crippen LogP contribution in [0.15, 0.2) is 24.3 Å². The number of hydrogen-bond donors (Lipinski definition) is 2. The number of imidazole rings is 1. The minimum absolute atomic E-state index is 0.522. The lowest BCUT2D eigenvalue weighted by molar-refractivity contribution is 0.381. The van der Waals surface area contributed by atoms with Gasteiger partial charge in [-0.05, 0) is 51.1 Å². The van der Waals surface area contributed by atoms with E-state index in [2.05, 4.69) is 33.2 Å². The summed E-state index contributed by atoms with van der Waals surface area (Å²) < 4.78 is 4.47. The minimum Gasteiger partial charge on any atom is -0.399 e. The summed E-state index contributed by atoms with van der Waals surface area (Å²) in [5.41, 5.74) is 11.4. The molecule has 104 valence electrons. The molecule has 0 aliphatic carbocycles. The summed E-state index contributed by atoms with van der Waals surface area (Å²) in [6.07, 6.45) is 2.30. The van der Waals surface area contributed by atoms with Gasteiger partial charge in [0.1, 0.15) is 5.65 Å². The fourth-order valence-electron chi connectivity index (χ4n) is 3.32. The molecule has 5 nitrogen and oxygen atoms in total. The lowest BCUT2D eigenvalue weighted by Gasteiger charge is -2.25. The molecule has 0 saturated carbocycles. The van der Waals surface area contributed by atoms with Crippen LogP contribution in [0.25, 0.3) is 16.7 Å². The first-order chi connectivity index (χ1) is 9.74. The van der Waals surface area contributed by atoms with Crippen molar-refractivity contribution in [1.29, 1.82) is 0 Å². The summed E-state index contributed by atoms with van der Waals surface area (Å²) in [6, 6.07) is 8.78. The highest BCUT2D eigenvalue weighted by Gasteiger charge is 2.21. The van der Waals surface area contributed by atoms with E-state index in [1.807, 2.05) is 17.5 Å². The largest absolute Gasteiger partial charge is 0.399 e. The zero-order valence-corrected chi connectivity index (χ0v) is 11.6. The van der Waals surface area contributed by atoms with Gasteiger partial charge in [-0.25, -0.2) is 4.52 Å². The van der Waals surface area contributed by atoms with Crippen LogP contribution in [0.1, 0.15) is 24.6 Å². The standard InChI is InChI=1S/C15H19N5/c1-10-8-15-19(12-4-6-17-7-5-12)14-9-11(16)2-3-13(14)20(15)18-10/h2-3,8-9,12,17H,4-7,16H2,1H3. The molecule has 0 radical (unpaired) electrons. The summed E-state index contributed by atoms with van der Waals surface area (Å²) in [4.78, 5) is 0. The third kappa shape index (κ3) is 1.63. The fraction of sp³-hybridized carbons (Fsp3) is 0.400. The van der Waals surface area contributed by atoms with Gasteiger partial charge >= 0.3 is 0 Å². The summed E-state index contributed by atoms with van der Waals surface area (Å²) in [5, 5.41) is 8.05. The van der Waals surface area contributed by atoms with Gasteiger partial charge in [-0.2, -0.15) is 5.10 Å². The maximum atomic E-state index is 5.99. The topological polar surface area (TPSA) is 60.3 Å². The zero-order chi connectivity index (χ0) is 13.7. The van der Waals surface area contributed by atoms with Crippen LogP contribution in [0.3, 0.4) is 0 Å². The average Bonchev–Trinajstić information content (AvgIpc) is 2.94. The van der Waals surface area contributed by atoms with Crippen LogP contribution in [0.4, 0.5) is 5.69 Å². The summed E-state index contributed by atoms with van der Waals surface area (Å²) >= 11 is 0. The molecular formula is C15H19N5. The Balaban J connectivity index is 2.04. The number of nitrogens with zero attached hydrogens (tertiary/aromatic N) is 3. The highest BCUT2D eigenvalue weighted by molar-refractivity contribution is 5.84. The molecule has 1 fully saturated rings. The Kier molecular flexibility index (Phi) is 2.50. The molecule has 20 heavy (non-hydrogen) atoms. The smallest absolute Gasteiger partial charge is 0.137 e. The van der Waals surface area contributed by atoms with Crippen molar-refractivity contribution in [2.45, 2.75) is 25.8 Å². The van der Waals surface area contributed by atoms with Gasteiger partial charge in [-0.3, -0.25) is 0 Å². The first-order valence-corrected chi connectivity index (χ1v) is 7.20. The van der Waals surface area contributed by atoms with Gasteiger partial charge < -0.3 is 15.6 Å². The normalized spacial score (nSPS) is 17.2. The van der Waals surface area contributed by atoms with Gasteiger partial charge in [-0.15, -0.1) is 0 Å². The van der Waals surface area contributed by atoms with E-state index >= 15 is 0 Å². The Labute approximate surface area is 117 Å². The van der Waals surface area contributed by atoms with Crippen LogP contribution >= 0.6 is 0 Å². The van der Waals surface area contributed by atoms with E-state index in [1.54, 1.807) is 0 Å². The van der Waals surface area contributed by atoms with E-state index in [4.69, 9.17) is 5.73 Å². The molecule has 2 aromatic heterocycles. The van der Waals surface area contributed by atoms with Crippen LogP contribution in [-0.4, -0.2) is 27.3 Å². The summed E-state index contributed by atoms with van der Waals surface area (Å²) in [5.74, 6) is 0. The Bertz CT molecular complexity index is 776. The van der Waals surface area contributed by atoms with Crippen molar-refractivity contribution in [3.8, 4) is 0 Å². The quantitative estimate of drug-likeness (QED) is 0.665. The van der Waals surface area contributed by atoms with E-state index < -0.39 is 0 Å². The number of anilines is 1. The number of hydrogen-bond acceptors (Lipinski definition) is 3. The molecule has 4 rings (SSSR count). The van der Waals surface area contributed by atoms with Crippen LogP contribution in [0.5, 0.6) is 0 Å². The van der Waals surface area contributed by atoms with E-state index in [0.717, 1.165) is 42.8 Å². The van der Waals surface area contributed by atoms with Crippen LogP contribution in [-0.2, 0) is 0 Å². The van der Waals surface area contributed by atoms with Crippen molar-refractivity contribution in [3.63, 3.8) is 0 Å². The van der Waals surface area contributed by atoms with Crippen LogP contribution in [0, 0.1) is 6.92 Å². The Morgan fingerprint density at radius 3 is 2.80 bits per heavy atom. The molecule has 0 amide bonds. The second kappa shape index (κ2) is 4.24. The lowest BCUT2D eigenvalue weighted by atomic mass is 10.1. The Morgan fingerprint density at radius 1 is 1.20 bits per heavy atom. The number of fused-ring (bicyclic) bond motifs is 3. The minimum atomic E-state index is 0.522. The SMILES string of the molecule is Cc1cc2n(C3CCNCC3)c3cc(N)ccc3n2n1. The first-order valence-electron chi connectivity index (χ1n) is 7.20. The lowest BCUT2D eigenvalue weighted by Crippen LogP contribution is -2.29. The molecule has 1 aliphatic rings. The third-order valence-corrected chi connectivity index (χ3v) is 4.22. The maximum absolute atomic E-state index is 5.99. The number of nitrogen functional groups attached to an aromatic ring is 1. The fourth-order valence-corrected chi connectivity index (χ4v) is 3.32. The predicted molar refractivity (Wildman–Crippen MR) is 81.0 cm³/mol.